The van der Waals surface area contributed by atoms with Crippen molar-refractivity contribution in [3.63, 3.8) is 0 Å². The molecule has 2 atom stereocenters. The van der Waals surface area contributed by atoms with E-state index in [2.05, 4.69) is 23.6 Å². The van der Waals surface area contributed by atoms with Gasteiger partial charge in [0.15, 0.2) is 6.61 Å². The molecule has 3 aromatic rings. The molecule has 7 nitrogen and oxygen atoms in total. The zero-order valence-electron chi connectivity index (χ0n) is 21.3. The number of nitriles is 1. The molecule has 2 amide bonds. The van der Waals surface area contributed by atoms with E-state index in [4.69, 9.17) is 4.74 Å². The molecule has 1 heterocycles. The van der Waals surface area contributed by atoms with Crippen LogP contribution in [0.15, 0.2) is 42.5 Å². The summed E-state index contributed by atoms with van der Waals surface area (Å²) in [5.74, 6) is -1.17. The number of hydrogen-bond acceptors (Lipinski definition) is 6. The number of carbonyl (C=O) groups excluding carboxylic acids is 3. The van der Waals surface area contributed by atoms with Crippen molar-refractivity contribution in [1.29, 1.82) is 5.26 Å². The van der Waals surface area contributed by atoms with E-state index in [1.807, 2.05) is 42.5 Å². The van der Waals surface area contributed by atoms with E-state index in [1.54, 1.807) is 13.8 Å². The van der Waals surface area contributed by atoms with E-state index in [0.717, 1.165) is 46.0 Å². The molecule has 0 saturated heterocycles. The quantitative estimate of drug-likeness (QED) is 0.419. The van der Waals surface area contributed by atoms with Crippen molar-refractivity contribution in [1.82, 2.24) is 5.32 Å². The Kier molecular flexibility index (Phi) is 8.24. The SMILES string of the molecule is CC1CCc2c(sc(NC(=O)COC(=O)[C@@H](NC(=O)Cc3cccc4ccccc34)C(C)C)c2C#N)C1. The number of benzene rings is 2. The molecule has 1 aliphatic carbocycles. The van der Waals surface area contributed by atoms with Crippen molar-refractivity contribution < 1.29 is 19.1 Å². The monoisotopic (exact) mass is 517 g/mol. The highest BCUT2D eigenvalue weighted by Crippen LogP contribution is 2.39. The first-order valence-corrected chi connectivity index (χ1v) is 13.4. The van der Waals surface area contributed by atoms with Gasteiger partial charge in [-0.25, -0.2) is 4.79 Å². The summed E-state index contributed by atoms with van der Waals surface area (Å²) in [7, 11) is 0. The first kappa shape index (κ1) is 26.4. The van der Waals surface area contributed by atoms with Crippen molar-refractivity contribution in [3.05, 3.63) is 64.0 Å². The number of nitrogens with one attached hydrogen (secondary N) is 2. The molecule has 0 bridgehead atoms. The van der Waals surface area contributed by atoms with Crippen molar-refractivity contribution in [2.75, 3.05) is 11.9 Å². The summed E-state index contributed by atoms with van der Waals surface area (Å²) in [6, 6.07) is 14.9. The molecule has 0 fully saturated rings. The Bertz CT molecular complexity index is 1370. The van der Waals surface area contributed by atoms with E-state index < -0.39 is 24.5 Å². The minimum atomic E-state index is -0.888. The van der Waals surface area contributed by atoms with Crippen LogP contribution in [-0.4, -0.2) is 30.4 Å². The summed E-state index contributed by atoms with van der Waals surface area (Å²) in [5, 5.41) is 17.7. The molecule has 0 radical (unpaired) electrons. The molecule has 2 N–H and O–H groups in total. The van der Waals surface area contributed by atoms with Gasteiger partial charge in [-0.05, 0) is 53.0 Å². The summed E-state index contributed by atoms with van der Waals surface area (Å²) in [5.41, 5.74) is 2.39. The van der Waals surface area contributed by atoms with Gasteiger partial charge in [-0.3, -0.25) is 9.59 Å². The summed E-state index contributed by atoms with van der Waals surface area (Å²) in [6.07, 6.45) is 2.87. The summed E-state index contributed by atoms with van der Waals surface area (Å²) >= 11 is 1.42. The number of amides is 2. The smallest absolute Gasteiger partial charge is 0.329 e. The molecule has 1 unspecified atom stereocenters. The van der Waals surface area contributed by atoms with Crippen LogP contribution in [0.5, 0.6) is 0 Å². The Morgan fingerprint density at radius 1 is 1.14 bits per heavy atom. The van der Waals surface area contributed by atoms with Crippen molar-refractivity contribution in [2.45, 2.75) is 52.5 Å². The van der Waals surface area contributed by atoms with E-state index in [-0.39, 0.29) is 18.2 Å². The normalized spacial score (nSPS) is 15.5. The molecule has 0 spiro atoms. The third-order valence-corrected chi connectivity index (χ3v) is 7.86. The fourth-order valence-corrected chi connectivity index (χ4v) is 6.07. The average molecular weight is 518 g/mol. The maximum atomic E-state index is 12.8. The number of esters is 1. The third kappa shape index (κ3) is 6.17. The first-order valence-electron chi connectivity index (χ1n) is 12.5. The molecule has 2 aromatic carbocycles. The number of thiophene rings is 1. The number of ether oxygens (including phenoxy) is 1. The number of anilines is 1. The number of carbonyl (C=O) groups is 3. The van der Waals surface area contributed by atoms with Crippen LogP contribution < -0.4 is 10.6 Å². The van der Waals surface area contributed by atoms with Crippen LogP contribution in [0.4, 0.5) is 5.00 Å². The van der Waals surface area contributed by atoms with Gasteiger partial charge in [0.25, 0.3) is 5.91 Å². The van der Waals surface area contributed by atoms with Crippen molar-refractivity contribution >= 4 is 44.9 Å². The molecule has 4 rings (SSSR count). The second-order valence-electron chi connectivity index (χ2n) is 9.93. The van der Waals surface area contributed by atoms with Crippen LogP contribution in [0, 0.1) is 23.2 Å². The minimum Gasteiger partial charge on any atom is -0.454 e. The molecule has 0 saturated carbocycles. The maximum absolute atomic E-state index is 12.8. The van der Waals surface area contributed by atoms with Gasteiger partial charge in [0.1, 0.15) is 17.1 Å². The molecule has 1 aliphatic rings. The second kappa shape index (κ2) is 11.6. The Balaban J connectivity index is 1.35. The fraction of sp³-hybridized carbons (Fsp3) is 0.379. The van der Waals surface area contributed by atoms with Crippen LogP contribution in [0.2, 0.25) is 0 Å². The lowest BCUT2D eigenvalue weighted by molar-refractivity contribution is -0.151. The van der Waals surface area contributed by atoms with Crippen LogP contribution in [0.3, 0.4) is 0 Å². The fourth-order valence-electron chi connectivity index (χ4n) is 4.69. The zero-order chi connectivity index (χ0) is 26.5. The summed E-state index contributed by atoms with van der Waals surface area (Å²) < 4.78 is 5.27. The van der Waals surface area contributed by atoms with Crippen LogP contribution in [0.25, 0.3) is 10.8 Å². The molecule has 192 valence electrons. The van der Waals surface area contributed by atoms with E-state index in [0.29, 0.717) is 16.5 Å². The van der Waals surface area contributed by atoms with Gasteiger partial charge in [0, 0.05) is 4.88 Å². The van der Waals surface area contributed by atoms with Crippen molar-refractivity contribution in [3.8, 4) is 6.07 Å². The number of fused-ring (bicyclic) bond motifs is 2. The van der Waals surface area contributed by atoms with Crippen LogP contribution >= 0.6 is 11.3 Å². The average Bonchev–Trinajstić information content (AvgIpc) is 3.21. The Morgan fingerprint density at radius 3 is 2.65 bits per heavy atom. The Labute approximate surface area is 220 Å². The molecule has 1 aromatic heterocycles. The first-order chi connectivity index (χ1) is 17.8. The molecular weight excluding hydrogens is 486 g/mol. The Hall–Kier alpha value is -3.70. The summed E-state index contributed by atoms with van der Waals surface area (Å²) in [4.78, 5) is 39.3. The maximum Gasteiger partial charge on any atom is 0.329 e. The number of rotatable bonds is 8. The second-order valence-corrected chi connectivity index (χ2v) is 11.0. The number of nitrogens with zero attached hydrogens (tertiary/aromatic N) is 1. The molecular formula is C29H31N3O4S. The highest BCUT2D eigenvalue weighted by molar-refractivity contribution is 7.16. The highest BCUT2D eigenvalue weighted by Gasteiger charge is 2.28. The van der Waals surface area contributed by atoms with Crippen LogP contribution in [0.1, 0.15) is 48.8 Å². The lowest BCUT2D eigenvalue weighted by Gasteiger charge is -2.21. The van der Waals surface area contributed by atoms with Crippen molar-refractivity contribution in [2.24, 2.45) is 11.8 Å². The third-order valence-electron chi connectivity index (χ3n) is 6.69. The van der Waals surface area contributed by atoms with Gasteiger partial charge in [-0.1, -0.05) is 63.2 Å². The van der Waals surface area contributed by atoms with Gasteiger partial charge in [0.2, 0.25) is 5.91 Å². The predicted molar refractivity (Wildman–Crippen MR) is 144 cm³/mol. The van der Waals surface area contributed by atoms with Gasteiger partial charge in [0.05, 0.1) is 12.0 Å². The molecule has 8 heteroatoms. The standard InChI is InChI=1S/C29H31N3O4S/c1-17(2)27(31-25(33)14-20-9-6-8-19-7-4-5-10-21(19)20)29(35)36-16-26(34)32-28-23(15-30)22-12-11-18(3)13-24(22)37-28/h4-10,17-18,27H,11-14,16H2,1-3H3,(H,31,33)(H,32,34)/t18?,27-/m0/s1. The highest BCUT2D eigenvalue weighted by atomic mass is 32.1. The largest absolute Gasteiger partial charge is 0.454 e. The lowest BCUT2D eigenvalue weighted by atomic mass is 9.89. The predicted octanol–water partition coefficient (Wildman–Crippen LogP) is 4.76. The lowest BCUT2D eigenvalue weighted by Crippen LogP contribution is -2.46. The van der Waals surface area contributed by atoms with E-state index in [1.165, 1.54) is 11.3 Å². The van der Waals surface area contributed by atoms with Gasteiger partial charge < -0.3 is 15.4 Å². The summed E-state index contributed by atoms with van der Waals surface area (Å²) in [6.45, 7) is 5.30. The number of hydrogen-bond donors (Lipinski definition) is 2. The molecule has 37 heavy (non-hydrogen) atoms. The van der Waals surface area contributed by atoms with Crippen LogP contribution in [-0.2, 0) is 38.4 Å². The Morgan fingerprint density at radius 2 is 1.89 bits per heavy atom. The minimum absolute atomic E-state index is 0.122. The topological polar surface area (TPSA) is 108 Å². The van der Waals surface area contributed by atoms with E-state index >= 15 is 0 Å². The van der Waals surface area contributed by atoms with Gasteiger partial charge in [-0.2, -0.15) is 5.26 Å². The molecule has 0 aliphatic heterocycles. The van der Waals surface area contributed by atoms with Gasteiger partial charge >= 0.3 is 5.97 Å². The van der Waals surface area contributed by atoms with Gasteiger partial charge in [-0.15, -0.1) is 11.3 Å². The zero-order valence-corrected chi connectivity index (χ0v) is 22.1. The van der Waals surface area contributed by atoms with E-state index in [9.17, 15) is 19.6 Å².